The molecule has 0 unspecified atom stereocenters. The summed E-state index contributed by atoms with van der Waals surface area (Å²) in [6, 6.07) is 0. The smallest absolute Gasteiger partial charge is 0.295 e. The molecule has 0 aromatic rings. The molecule has 1 saturated carbocycles. The first-order valence-electron chi connectivity index (χ1n) is 4.60. The molecule has 1 amide bonds. The van der Waals surface area contributed by atoms with Crippen LogP contribution in [0.15, 0.2) is 0 Å². The number of hydrogen-bond donors (Lipinski definition) is 1. The van der Waals surface area contributed by atoms with Gasteiger partial charge in [-0.25, -0.2) is 0 Å². The Kier molecular flexibility index (Phi) is 3.78. The van der Waals surface area contributed by atoms with Crippen molar-refractivity contribution in [2.75, 3.05) is 27.2 Å². The Hall–Kier alpha value is -1.01. The maximum atomic E-state index is 11.1. The van der Waals surface area contributed by atoms with Gasteiger partial charge in [-0.3, -0.25) is 9.69 Å². The van der Waals surface area contributed by atoms with Crippen molar-refractivity contribution in [1.82, 2.24) is 10.2 Å². The summed E-state index contributed by atoms with van der Waals surface area (Å²) in [6.45, 7) is 1.44. The lowest BCUT2D eigenvalue weighted by molar-refractivity contribution is -0.115. The lowest BCUT2D eigenvalue weighted by Crippen LogP contribution is -2.24. The van der Waals surface area contributed by atoms with Crippen LogP contribution in [0.25, 0.3) is 0 Å². The summed E-state index contributed by atoms with van der Waals surface area (Å²) in [5.74, 6) is 5.93. The highest BCUT2D eigenvalue weighted by Crippen LogP contribution is 2.27. The molecule has 0 aliphatic heterocycles. The highest BCUT2D eigenvalue weighted by Gasteiger charge is 2.20. The van der Waals surface area contributed by atoms with E-state index in [0.717, 1.165) is 12.5 Å². The monoisotopic (exact) mass is 180 g/mol. The zero-order valence-corrected chi connectivity index (χ0v) is 8.26. The predicted octanol–water partition coefficient (Wildman–Crippen LogP) is 0.0776. The average molecular weight is 180 g/mol. The van der Waals surface area contributed by atoms with Crippen molar-refractivity contribution in [3.8, 4) is 11.8 Å². The molecule has 0 aromatic carbocycles. The average Bonchev–Trinajstić information content (AvgIpc) is 2.83. The zero-order chi connectivity index (χ0) is 9.68. The molecule has 1 aliphatic rings. The molecule has 3 heteroatoms. The van der Waals surface area contributed by atoms with Gasteiger partial charge in [-0.2, -0.15) is 0 Å². The Bertz CT molecular complexity index is 233. The summed E-state index contributed by atoms with van der Waals surface area (Å²) < 4.78 is 0. The topological polar surface area (TPSA) is 32.3 Å². The van der Waals surface area contributed by atoms with Crippen LogP contribution in [0.4, 0.5) is 0 Å². The van der Waals surface area contributed by atoms with Gasteiger partial charge in [-0.1, -0.05) is 5.92 Å². The van der Waals surface area contributed by atoms with E-state index in [0.29, 0.717) is 6.54 Å². The molecule has 1 fully saturated rings. The molecule has 0 atom stereocenters. The van der Waals surface area contributed by atoms with Crippen LogP contribution >= 0.6 is 0 Å². The van der Waals surface area contributed by atoms with E-state index in [9.17, 15) is 4.79 Å². The van der Waals surface area contributed by atoms with Gasteiger partial charge in [0, 0.05) is 6.54 Å². The molecule has 0 aromatic heterocycles. The molecule has 1 aliphatic carbocycles. The molecular weight excluding hydrogens is 164 g/mol. The van der Waals surface area contributed by atoms with Gasteiger partial charge in [-0.15, -0.1) is 0 Å². The van der Waals surface area contributed by atoms with E-state index in [4.69, 9.17) is 0 Å². The second kappa shape index (κ2) is 4.88. The second-order valence-corrected chi connectivity index (χ2v) is 3.69. The van der Waals surface area contributed by atoms with Crippen LogP contribution in [-0.4, -0.2) is 38.0 Å². The van der Waals surface area contributed by atoms with E-state index < -0.39 is 0 Å². The Morgan fingerprint density at radius 3 is 2.77 bits per heavy atom. The minimum atomic E-state index is -0.145. The van der Waals surface area contributed by atoms with Crippen molar-refractivity contribution in [1.29, 1.82) is 0 Å². The lowest BCUT2D eigenvalue weighted by atomic mass is 10.4. The SMILES string of the molecule is CN(C)CC#CC(=O)NCC1CC1. The van der Waals surface area contributed by atoms with Crippen molar-refractivity contribution in [2.24, 2.45) is 5.92 Å². The first kappa shape index (κ1) is 10.1. The third kappa shape index (κ3) is 5.26. The maximum absolute atomic E-state index is 11.1. The number of rotatable bonds is 3. The minimum absolute atomic E-state index is 0.145. The molecule has 0 heterocycles. The highest BCUT2D eigenvalue weighted by molar-refractivity contribution is 5.93. The lowest BCUT2D eigenvalue weighted by Gasteiger charge is -2.01. The Balaban J connectivity index is 2.09. The van der Waals surface area contributed by atoms with Crippen LogP contribution in [0, 0.1) is 17.8 Å². The Labute approximate surface area is 79.5 Å². The van der Waals surface area contributed by atoms with E-state index in [1.807, 2.05) is 19.0 Å². The van der Waals surface area contributed by atoms with Gasteiger partial charge >= 0.3 is 0 Å². The van der Waals surface area contributed by atoms with E-state index in [1.54, 1.807) is 0 Å². The van der Waals surface area contributed by atoms with E-state index in [2.05, 4.69) is 17.2 Å². The van der Waals surface area contributed by atoms with Crippen LogP contribution in [0.3, 0.4) is 0 Å². The number of carbonyl (C=O) groups is 1. The Morgan fingerprint density at radius 2 is 2.23 bits per heavy atom. The molecule has 0 spiro atoms. The molecule has 3 nitrogen and oxygen atoms in total. The summed E-state index contributed by atoms with van der Waals surface area (Å²) >= 11 is 0. The first-order valence-corrected chi connectivity index (χ1v) is 4.60. The van der Waals surface area contributed by atoms with Crippen LogP contribution < -0.4 is 5.32 Å². The third-order valence-corrected chi connectivity index (χ3v) is 1.85. The van der Waals surface area contributed by atoms with E-state index >= 15 is 0 Å². The molecule has 0 bridgehead atoms. The molecule has 1 rings (SSSR count). The van der Waals surface area contributed by atoms with E-state index in [-0.39, 0.29) is 5.91 Å². The quantitative estimate of drug-likeness (QED) is 0.624. The van der Waals surface area contributed by atoms with Crippen molar-refractivity contribution in [3.05, 3.63) is 0 Å². The van der Waals surface area contributed by atoms with Crippen LogP contribution in [0.5, 0.6) is 0 Å². The summed E-state index contributed by atoms with van der Waals surface area (Å²) in [5.41, 5.74) is 0. The highest BCUT2D eigenvalue weighted by atomic mass is 16.1. The molecule has 0 saturated heterocycles. The number of hydrogen-bond acceptors (Lipinski definition) is 2. The van der Waals surface area contributed by atoms with Crippen molar-refractivity contribution in [3.63, 3.8) is 0 Å². The van der Waals surface area contributed by atoms with Gasteiger partial charge in [-0.05, 0) is 38.8 Å². The van der Waals surface area contributed by atoms with Crippen LogP contribution in [0.2, 0.25) is 0 Å². The molecule has 1 N–H and O–H groups in total. The van der Waals surface area contributed by atoms with Crippen molar-refractivity contribution >= 4 is 5.91 Å². The fourth-order valence-electron chi connectivity index (χ4n) is 0.881. The van der Waals surface area contributed by atoms with Crippen molar-refractivity contribution in [2.45, 2.75) is 12.8 Å². The summed E-state index contributed by atoms with van der Waals surface area (Å²) in [4.78, 5) is 13.0. The largest absolute Gasteiger partial charge is 0.345 e. The molecule has 72 valence electrons. The van der Waals surface area contributed by atoms with E-state index in [1.165, 1.54) is 12.8 Å². The molecule has 13 heavy (non-hydrogen) atoms. The van der Waals surface area contributed by atoms with Gasteiger partial charge in [0.15, 0.2) is 0 Å². The second-order valence-electron chi connectivity index (χ2n) is 3.69. The number of nitrogens with zero attached hydrogens (tertiary/aromatic N) is 1. The fraction of sp³-hybridized carbons (Fsp3) is 0.700. The maximum Gasteiger partial charge on any atom is 0.295 e. The fourth-order valence-corrected chi connectivity index (χ4v) is 0.881. The van der Waals surface area contributed by atoms with Gasteiger partial charge < -0.3 is 5.32 Å². The van der Waals surface area contributed by atoms with Gasteiger partial charge in [0.2, 0.25) is 0 Å². The predicted molar refractivity (Wildman–Crippen MR) is 52.1 cm³/mol. The summed E-state index contributed by atoms with van der Waals surface area (Å²) in [7, 11) is 3.85. The zero-order valence-electron chi connectivity index (χ0n) is 8.26. The van der Waals surface area contributed by atoms with Gasteiger partial charge in [0.25, 0.3) is 5.91 Å². The molecular formula is C10H16N2O. The number of carbonyl (C=O) groups excluding carboxylic acids is 1. The van der Waals surface area contributed by atoms with Crippen molar-refractivity contribution < 1.29 is 4.79 Å². The normalized spacial score (nSPS) is 15.0. The Morgan fingerprint density at radius 1 is 1.54 bits per heavy atom. The standard InChI is InChI=1S/C10H16N2O/c1-12(2)7-3-4-10(13)11-8-9-5-6-9/h9H,5-8H2,1-2H3,(H,11,13). The summed E-state index contributed by atoms with van der Waals surface area (Å²) in [5, 5.41) is 2.79. The first-order chi connectivity index (χ1) is 6.18. The van der Waals surface area contributed by atoms with Crippen LogP contribution in [0.1, 0.15) is 12.8 Å². The minimum Gasteiger partial charge on any atom is -0.345 e. The molecule has 0 radical (unpaired) electrons. The number of amides is 1. The summed E-state index contributed by atoms with van der Waals surface area (Å²) in [6.07, 6.45) is 2.51. The van der Waals surface area contributed by atoms with Gasteiger partial charge in [0.1, 0.15) is 0 Å². The van der Waals surface area contributed by atoms with Gasteiger partial charge in [0.05, 0.1) is 6.54 Å². The van der Waals surface area contributed by atoms with Crippen LogP contribution in [-0.2, 0) is 4.79 Å². The number of nitrogens with one attached hydrogen (secondary N) is 1. The third-order valence-electron chi connectivity index (χ3n) is 1.85.